The maximum absolute atomic E-state index is 13.2. The van der Waals surface area contributed by atoms with Gasteiger partial charge in [0.2, 0.25) is 0 Å². The van der Waals surface area contributed by atoms with E-state index in [4.69, 9.17) is 4.74 Å². The van der Waals surface area contributed by atoms with Gasteiger partial charge in [-0.2, -0.15) is 10.4 Å². The van der Waals surface area contributed by atoms with E-state index in [0.29, 0.717) is 17.7 Å². The summed E-state index contributed by atoms with van der Waals surface area (Å²) in [6.45, 7) is 5.83. The van der Waals surface area contributed by atoms with E-state index in [1.807, 2.05) is 13.0 Å². The van der Waals surface area contributed by atoms with Crippen molar-refractivity contribution in [1.82, 2.24) is 25.4 Å². The van der Waals surface area contributed by atoms with Gasteiger partial charge in [-0.25, -0.2) is 23.4 Å². The molecule has 1 atom stereocenters. The molecule has 2 aromatic heterocycles. The Kier molecular flexibility index (Phi) is 7.65. The zero-order valence-corrected chi connectivity index (χ0v) is 19.0. The van der Waals surface area contributed by atoms with E-state index in [9.17, 15) is 23.6 Å². The van der Waals surface area contributed by atoms with Gasteiger partial charge < -0.3 is 15.4 Å². The van der Waals surface area contributed by atoms with Gasteiger partial charge in [0, 0.05) is 29.8 Å². The van der Waals surface area contributed by atoms with Crippen molar-refractivity contribution in [3.63, 3.8) is 0 Å². The number of esters is 1. The van der Waals surface area contributed by atoms with Gasteiger partial charge in [0.05, 0.1) is 30.0 Å². The fourth-order valence-electron chi connectivity index (χ4n) is 3.29. The first kappa shape index (κ1) is 24.2. The topological polar surface area (TPSA) is 122 Å². The predicted octanol–water partition coefficient (Wildman–Crippen LogP) is 3.38. The first-order chi connectivity index (χ1) is 15.8. The third kappa shape index (κ3) is 5.31. The molecule has 0 aliphatic carbocycles. The zero-order valence-electron chi connectivity index (χ0n) is 18.2. The van der Waals surface area contributed by atoms with Crippen molar-refractivity contribution >= 4 is 23.8 Å². The number of nitriles is 1. The quantitative estimate of drug-likeness (QED) is 0.442. The van der Waals surface area contributed by atoms with E-state index in [1.54, 1.807) is 30.9 Å². The summed E-state index contributed by atoms with van der Waals surface area (Å²) in [5.41, 5.74) is 1.06. The van der Waals surface area contributed by atoms with Crippen LogP contribution in [0.4, 0.5) is 13.6 Å². The van der Waals surface area contributed by atoms with Crippen LogP contribution < -0.4 is 10.6 Å². The van der Waals surface area contributed by atoms with Gasteiger partial charge in [-0.3, -0.25) is 4.68 Å². The molecular formula is C21H22F2N6O3S. The number of pyridine rings is 1. The first-order valence-electron chi connectivity index (χ1n) is 10.1. The molecule has 1 aliphatic heterocycles. The van der Waals surface area contributed by atoms with Crippen molar-refractivity contribution in [2.24, 2.45) is 0 Å². The summed E-state index contributed by atoms with van der Waals surface area (Å²) in [4.78, 5) is 29.1. The van der Waals surface area contributed by atoms with E-state index in [0.717, 1.165) is 11.8 Å². The average Bonchev–Trinajstić information content (AvgIpc) is 3.26. The molecule has 9 nitrogen and oxygen atoms in total. The molecule has 3 rings (SSSR count). The number of hydrogen-bond donors (Lipinski definition) is 2. The van der Waals surface area contributed by atoms with Crippen molar-refractivity contribution < 1.29 is 23.1 Å². The van der Waals surface area contributed by atoms with Crippen LogP contribution in [0.25, 0.3) is 0 Å². The zero-order chi connectivity index (χ0) is 24.1. The summed E-state index contributed by atoms with van der Waals surface area (Å²) >= 11 is 0.976. The lowest BCUT2D eigenvalue weighted by atomic mass is 9.98. The minimum Gasteiger partial charge on any atom is -0.463 e. The average molecular weight is 477 g/mol. The van der Waals surface area contributed by atoms with E-state index in [1.165, 1.54) is 6.07 Å². The Labute approximate surface area is 193 Å². The van der Waals surface area contributed by atoms with Crippen LogP contribution in [0.1, 0.15) is 48.7 Å². The number of rotatable bonds is 8. The first-order valence-corrected chi connectivity index (χ1v) is 11.1. The lowest BCUT2D eigenvalue weighted by molar-refractivity contribution is -0.139. The number of aryl methyl sites for hydroxylation is 2. The SMILES string of the molecule is CCOC(=O)C1=C(CSc2nc(C(F)F)cc(C)c2C#N)NC(=O)N[C@@H]1c1cnn(CC)c1. The molecular weight excluding hydrogens is 454 g/mol. The molecule has 2 aromatic rings. The van der Waals surface area contributed by atoms with Crippen molar-refractivity contribution in [3.8, 4) is 6.07 Å². The number of aromatic nitrogens is 3. The highest BCUT2D eigenvalue weighted by Crippen LogP contribution is 2.32. The minimum absolute atomic E-state index is 0.00616. The second-order valence-electron chi connectivity index (χ2n) is 7.02. The molecule has 1 aliphatic rings. The molecule has 2 N–H and O–H groups in total. The minimum atomic E-state index is -2.80. The second kappa shape index (κ2) is 10.4. The van der Waals surface area contributed by atoms with E-state index in [-0.39, 0.29) is 34.2 Å². The summed E-state index contributed by atoms with van der Waals surface area (Å²) < 4.78 is 33.3. The van der Waals surface area contributed by atoms with Crippen LogP contribution in [-0.2, 0) is 16.1 Å². The molecule has 0 fully saturated rings. The smallest absolute Gasteiger partial charge is 0.338 e. The summed E-state index contributed by atoms with van der Waals surface area (Å²) in [5, 5.41) is 19.1. The lowest BCUT2D eigenvalue weighted by Crippen LogP contribution is -2.46. The van der Waals surface area contributed by atoms with Crippen LogP contribution in [0.3, 0.4) is 0 Å². The highest BCUT2D eigenvalue weighted by molar-refractivity contribution is 7.99. The Hall–Kier alpha value is -3.46. The lowest BCUT2D eigenvalue weighted by Gasteiger charge is -2.28. The normalized spacial score (nSPS) is 15.8. The van der Waals surface area contributed by atoms with Crippen LogP contribution in [0.5, 0.6) is 0 Å². The van der Waals surface area contributed by atoms with Gasteiger partial charge >= 0.3 is 12.0 Å². The largest absolute Gasteiger partial charge is 0.463 e. The number of nitrogens with zero attached hydrogens (tertiary/aromatic N) is 4. The number of hydrogen-bond acceptors (Lipinski definition) is 7. The number of ether oxygens (including phenoxy) is 1. The molecule has 0 saturated carbocycles. The van der Waals surface area contributed by atoms with Crippen molar-refractivity contribution in [1.29, 1.82) is 5.26 Å². The second-order valence-corrected chi connectivity index (χ2v) is 7.98. The standard InChI is InChI=1S/C21H22F2N6O3S/c1-4-29-9-12(8-25-29)17-16(20(30)32-5-2)15(27-21(31)28-17)10-33-19-13(7-24)11(3)6-14(26-19)18(22)23/h6,8-9,17-18H,4-5,10H2,1-3H3,(H2,27,28,31)/t17-/m1/s1. The highest BCUT2D eigenvalue weighted by atomic mass is 32.2. The molecule has 0 bridgehead atoms. The number of alkyl halides is 2. The number of carbonyl (C=O) groups is 2. The number of amides is 2. The third-order valence-corrected chi connectivity index (χ3v) is 5.85. The maximum Gasteiger partial charge on any atom is 0.338 e. The molecule has 12 heteroatoms. The van der Waals surface area contributed by atoms with Crippen LogP contribution in [0, 0.1) is 18.3 Å². The highest BCUT2D eigenvalue weighted by Gasteiger charge is 2.34. The number of nitrogens with one attached hydrogen (secondary N) is 2. The van der Waals surface area contributed by atoms with E-state index >= 15 is 0 Å². The van der Waals surface area contributed by atoms with Crippen LogP contribution >= 0.6 is 11.8 Å². The Morgan fingerprint density at radius 3 is 2.79 bits per heavy atom. The molecule has 0 aromatic carbocycles. The molecule has 174 valence electrons. The van der Waals surface area contributed by atoms with E-state index < -0.39 is 30.2 Å². The summed E-state index contributed by atoms with van der Waals surface area (Å²) in [5.74, 6) is -0.644. The predicted molar refractivity (Wildman–Crippen MR) is 115 cm³/mol. The molecule has 3 heterocycles. The van der Waals surface area contributed by atoms with Gasteiger partial charge in [0.25, 0.3) is 6.43 Å². The summed E-state index contributed by atoms with van der Waals surface area (Å²) in [7, 11) is 0. The van der Waals surface area contributed by atoms with Crippen molar-refractivity contribution in [2.45, 2.75) is 44.8 Å². The monoisotopic (exact) mass is 476 g/mol. The Balaban J connectivity index is 2.02. The Bertz CT molecular complexity index is 1140. The van der Waals surface area contributed by atoms with Crippen molar-refractivity contribution in [2.75, 3.05) is 12.4 Å². The third-order valence-electron chi connectivity index (χ3n) is 4.85. The molecule has 0 spiro atoms. The number of urea groups is 1. The molecule has 33 heavy (non-hydrogen) atoms. The fraction of sp³-hybridized carbons (Fsp3) is 0.381. The van der Waals surface area contributed by atoms with Gasteiger partial charge in [0.15, 0.2) is 0 Å². The molecule has 0 radical (unpaired) electrons. The van der Waals surface area contributed by atoms with Crippen LogP contribution in [0.2, 0.25) is 0 Å². The summed E-state index contributed by atoms with van der Waals surface area (Å²) in [6.07, 6.45) is 0.461. The molecule has 0 unspecified atom stereocenters. The molecule has 0 saturated heterocycles. The Morgan fingerprint density at radius 2 is 2.18 bits per heavy atom. The van der Waals surface area contributed by atoms with Gasteiger partial charge in [-0.1, -0.05) is 11.8 Å². The van der Waals surface area contributed by atoms with Crippen molar-refractivity contribution in [3.05, 3.63) is 52.1 Å². The molecule has 2 amide bonds. The summed E-state index contributed by atoms with van der Waals surface area (Å²) in [6, 6.07) is 1.79. The fourth-order valence-corrected chi connectivity index (χ4v) is 4.32. The maximum atomic E-state index is 13.2. The van der Waals surface area contributed by atoms with Crippen LogP contribution in [0.15, 0.2) is 34.8 Å². The number of halogens is 2. The van der Waals surface area contributed by atoms with E-state index in [2.05, 4.69) is 20.7 Å². The van der Waals surface area contributed by atoms with Gasteiger partial charge in [-0.15, -0.1) is 0 Å². The Morgan fingerprint density at radius 1 is 1.42 bits per heavy atom. The van der Waals surface area contributed by atoms with Gasteiger partial charge in [-0.05, 0) is 32.4 Å². The number of carbonyl (C=O) groups excluding carboxylic acids is 2. The number of thioether (sulfide) groups is 1. The van der Waals surface area contributed by atoms with Crippen LogP contribution in [-0.4, -0.2) is 39.1 Å². The van der Waals surface area contributed by atoms with Gasteiger partial charge in [0.1, 0.15) is 16.8 Å².